The first-order chi connectivity index (χ1) is 8.13. The van der Waals surface area contributed by atoms with E-state index >= 15 is 0 Å². The van der Waals surface area contributed by atoms with Gasteiger partial charge in [-0.05, 0) is 12.1 Å². The van der Waals surface area contributed by atoms with Crippen molar-refractivity contribution in [3.05, 3.63) is 52.2 Å². The maximum atomic E-state index is 13.5. The van der Waals surface area contributed by atoms with Crippen molar-refractivity contribution >= 4 is 12.6 Å². The molecule has 0 saturated carbocycles. The largest absolute Gasteiger partial charge is 0.506 e. The zero-order valence-electron chi connectivity index (χ0n) is 8.67. The summed E-state index contributed by atoms with van der Waals surface area (Å²) in [7, 11) is 0. The van der Waals surface area contributed by atoms with Gasteiger partial charge in [-0.25, -0.2) is 4.39 Å². The third-order valence-electron chi connectivity index (χ3n) is 2.22. The molecule has 0 fully saturated rings. The number of nitrogens with zero attached hydrogens (tertiary/aromatic N) is 2. The predicted molar refractivity (Wildman–Crippen MR) is 64.1 cm³/mol. The summed E-state index contributed by atoms with van der Waals surface area (Å²) in [6.45, 7) is 0. The molecule has 1 aromatic heterocycles. The highest BCUT2D eigenvalue weighted by Gasteiger charge is 2.10. The Morgan fingerprint density at radius 2 is 2.12 bits per heavy atom. The van der Waals surface area contributed by atoms with Gasteiger partial charge in [0.25, 0.3) is 5.56 Å². The minimum atomic E-state index is -0.599. The SMILES string of the molecule is O=c1cc(O)c(CS)nn1-c1ccccc1F. The summed E-state index contributed by atoms with van der Waals surface area (Å²) in [5.74, 6) is -0.643. The van der Waals surface area contributed by atoms with E-state index in [9.17, 15) is 14.3 Å². The molecule has 0 atom stereocenters. The van der Waals surface area contributed by atoms with Crippen LogP contribution in [0.2, 0.25) is 0 Å². The van der Waals surface area contributed by atoms with Crippen LogP contribution >= 0.6 is 12.6 Å². The summed E-state index contributed by atoms with van der Waals surface area (Å²) in [5.41, 5.74) is -0.338. The molecule has 0 aliphatic heterocycles. The first-order valence-corrected chi connectivity index (χ1v) is 5.44. The van der Waals surface area contributed by atoms with Crippen LogP contribution in [0.15, 0.2) is 35.1 Å². The number of benzene rings is 1. The predicted octanol–water partition coefficient (Wildman–Crippen LogP) is 1.51. The second-order valence-corrected chi connectivity index (χ2v) is 3.65. The monoisotopic (exact) mass is 252 g/mol. The molecule has 2 aromatic rings. The fraction of sp³-hybridized carbons (Fsp3) is 0.0909. The Bertz CT molecular complexity index is 613. The molecular weight excluding hydrogens is 243 g/mol. The van der Waals surface area contributed by atoms with E-state index in [2.05, 4.69) is 17.7 Å². The lowest BCUT2D eigenvalue weighted by Gasteiger charge is -2.07. The first-order valence-electron chi connectivity index (χ1n) is 4.81. The van der Waals surface area contributed by atoms with E-state index < -0.39 is 11.4 Å². The highest BCUT2D eigenvalue weighted by molar-refractivity contribution is 7.79. The molecule has 0 bridgehead atoms. The zero-order valence-corrected chi connectivity index (χ0v) is 9.56. The molecule has 1 aromatic carbocycles. The number of hydrogen-bond donors (Lipinski definition) is 2. The lowest BCUT2D eigenvalue weighted by Crippen LogP contribution is -2.22. The summed E-state index contributed by atoms with van der Waals surface area (Å²) >= 11 is 3.97. The number of aromatic nitrogens is 2. The fourth-order valence-corrected chi connectivity index (χ4v) is 1.62. The van der Waals surface area contributed by atoms with E-state index in [-0.39, 0.29) is 22.9 Å². The van der Waals surface area contributed by atoms with Crippen LogP contribution in [-0.4, -0.2) is 14.9 Å². The van der Waals surface area contributed by atoms with Crippen molar-refractivity contribution in [3.8, 4) is 11.4 Å². The van der Waals surface area contributed by atoms with E-state index in [0.29, 0.717) is 0 Å². The van der Waals surface area contributed by atoms with Gasteiger partial charge in [0.1, 0.15) is 22.9 Å². The van der Waals surface area contributed by atoms with Gasteiger partial charge in [-0.3, -0.25) is 4.79 Å². The van der Waals surface area contributed by atoms with Crippen LogP contribution in [0, 0.1) is 5.82 Å². The van der Waals surface area contributed by atoms with Gasteiger partial charge in [0.15, 0.2) is 0 Å². The van der Waals surface area contributed by atoms with E-state index in [4.69, 9.17) is 0 Å². The molecule has 0 aliphatic rings. The average molecular weight is 252 g/mol. The second-order valence-electron chi connectivity index (χ2n) is 3.34. The number of halogens is 1. The van der Waals surface area contributed by atoms with Gasteiger partial charge in [0.05, 0.1) is 0 Å². The molecule has 1 N–H and O–H groups in total. The van der Waals surface area contributed by atoms with E-state index in [0.717, 1.165) is 10.7 Å². The van der Waals surface area contributed by atoms with Crippen LogP contribution < -0.4 is 5.56 Å². The van der Waals surface area contributed by atoms with Crippen molar-refractivity contribution in [2.24, 2.45) is 0 Å². The quantitative estimate of drug-likeness (QED) is 0.796. The average Bonchev–Trinajstić information content (AvgIpc) is 2.31. The van der Waals surface area contributed by atoms with Crippen molar-refractivity contribution in [1.82, 2.24) is 9.78 Å². The minimum Gasteiger partial charge on any atom is -0.506 e. The number of rotatable bonds is 2. The number of aromatic hydroxyl groups is 1. The van der Waals surface area contributed by atoms with Crippen molar-refractivity contribution < 1.29 is 9.50 Å². The minimum absolute atomic E-state index is 0.0422. The van der Waals surface area contributed by atoms with Crippen molar-refractivity contribution in [2.75, 3.05) is 0 Å². The normalized spacial score (nSPS) is 10.5. The molecule has 6 heteroatoms. The molecule has 0 amide bonds. The van der Waals surface area contributed by atoms with Gasteiger partial charge >= 0.3 is 0 Å². The molecule has 1 heterocycles. The van der Waals surface area contributed by atoms with Gasteiger partial charge in [-0.15, -0.1) is 0 Å². The summed E-state index contributed by atoms with van der Waals surface area (Å²) in [6, 6.07) is 6.77. The van der Waals surface area contributed by atoms with Crippen LogP contribution in [0.25, 0.3) is 5.69 Å². The van der Waals surface area contributed by atoms with Gasteiger partial charge in [-0.2, -0.15) is 22.4 Å². The Morgan fingerprint density at radius 1 is 1.41 bits per heavy atom. The molecule has 0 saturated heterocycles. The number of hydrogen-bond acceptors (Lipinski definition) is 4. The van der Waals surface area contributed by atoms with Crippen LogP contribution in [0.4, 0.5) is 4.39 Å². The van der Waals surface area contributed by atoms with Gasteiger partial charge in [0, 0.05) is 11.8 Å². The smallest absolute Gasteiger partial charge is 0.275 e. The highest BCUT2D eigenvalue weighted by Crippen LogP contribution is 2.15. The van der Waals surface area contributed by atoms with E-state index in [1.165, 1.54) is 18.2 Å². The second kappa shape index (κ2) is 4.58. The van der Waals surface area contributed by atoms with E-state index in [1.807, 2.05) is 0 Å². The van der Waals surface area contributed by atoms with Gasteiger partial charge in [0.2, 0.25) is 0 Å². The highest BCUT2D eigenvalue weighted by atomic mass is 32.1. The molecule has 0 unspecified atom stereocenters. The maximum Gasteiger partial charge on any atom is 0.275 e. The van der Waals surface area contributed by atoms with Crippen LogP contribution in [0.5, 0.6) is 5.75 Å². The lowest BCUT2D eigenvalue weighted by molar-refractivity contribution is 0.459. The molecule has 0 spiro atoms. The van der Waals surface area contributed by atoms with E-state index in [1.54, 1.807) is 6.07 Å². The van der Waals surface area contributed by atoms with Crippen molar-refractivity contribution in [2.45, 2.75) is 5.75 Å². The summed E-state index contributed by atoms with van der Waals surface area (Å²) in [4.78, 5) is 11.6. The Labute approximate surface area is 102 Å². The Balaban J connectivity index is 2.68. The third kappa shape index (κ3) is 2.16. The van der Waals surface area contributed by atoms with Crippen molar-refractivity contribution in [1.29, 1.82) is 0 Å². The summed E-state index contributed by atoms with van der Waals surface area (Å²) in [5, 5.41) is 13.3. The fourth-order valence-electron chi connectivity index (χ4n) is 1.39. The van der Waals surface area contributed by atoms with Crippen LogP contribution in [0.1, 0.15) is 5.69 Å². The molecule has 0 aliphatic carbocycles. The van der Waals surface area contributed by atoms with Crippen LogP contribution in [0.3, 0.4) is 0 Å². The van der Waals surface area contributed by atoms with Crippen molar-refractivity contribution in [3.63, 3.8) is 0 Å². The third-order valence-corrected chi connectivity index (χ3v) is 2.52. The molecule has 88 valence electrons. The molecule has 4 nitrogen and oxygen atoms in total. The topological polar surface area (TPSA) is 55.1 Å². The Kier molecular flexibility index (Phi) is 3.14. The summed E-state index contributed by atoms with van der Waals surface area (Å²) in [6.07, 6.45) is 0. The van der Waals surface area contributed by atoms with Gasteiger partial charge < -0.3 is 5.11 Å². The maximum absolute atomic E-state index is 13.5. The number of para-hydroxylation sites is 1. The molecule has 0 radical (unpaired) electrons. The standard InChI is InChI=1S/C11H9FN2O2S/c12-7-3-1-2-4-9(7)14-11(16)5-10(15)8(6-17)13-14/h1-5,15,17H,6H2. The Hall–Kier alpha value is -1.82. The molecule has 17 heavy (non-hydrogen) atoms. The summed E-state index contributed by atoms with van der Waals surface area (Å²) < 4.78 is 14.4. The number of thiol groups is 1. The van der Waals surface area contributed by atoms with Crippen LogP contribution in [-0.2, 0) is 5.75 Å². The first kappa shape index (κ1) is 11.7. The lowest BCUT2D eigenvalue weighted by atomic mass is 10.3. The molecule has 2 rings (SSSR count). The van der Waals surface area contributed by atoms with Gasteiger partial charge in [-0.1, -0.05) is 12.1 Å². The zero-order chi connectivity index (χ0) is 12.4. The molecular formula is C11H9FN2O2S. The Morgan fingerprint density at radius 3 is 2.76 bits per heavy atom.